The molecule has 0 fully saturated rings. The molecule has 1 N–H and O–H groups in total. The molecule has 0 heterocycles. The van der Waals surface area contributed by atoms with Gasteiger partial charge in [-0.25, -0.2) is 0 Å². The van der Waals surface area contributed by atoms with E-state index in [0.29, 0.717) is 0 Å². The summed E-state index contributed by atoms with van der Waals surface area (Å²) in [6.07, 6.45) is 3.53. The van der Waals surface area contributed by atoms with E-state index in [2.05, 4.69) is 6.58 Å². The highest BCUT2D eigenvalue weighted by atomic mass is 32.3. The van der Waals surface area contributed by atoms with Crippen LogP contribution in [0.4, 0.5) is 0 Å². The second-order valence-electron chi connectivity index (χ2n) is 1.52. The third-order valence-electron chi connectivity index (χ3n) is 0.408. The first-order valence-corrected chi connectivity index (χ1v) is 4.11. The molecular formula is C4H10OS. The van der Waals surface area contributed by atoms with Crippen molar-refractivity contribution in [1.29, 1.82) is 0 Å². The molecule has 0 amide bonds. The Hall–Kier alpha value is 0.0500. The van der Waals surface area contributed by atoms with Gasteiger partial charge in [0.15, 0.2) is 0 Å². The normalized spacial score (nSPS) is 13.8. The Morgan fingerprint density at radius 2 is 1.83 bits per heavy atom. The molecule has 0 bridgehead atoms. The molecule has 0 aliphatic heterocycles. The SMILES string of the molecule is C=CS(C)(C)O. The van der Waals surface area contributed by atoms with Crippen LogP contribution < -0.4 is 0 Å². The van der Waals surface area contributed by atoms with Crippen molar-refractivity contribution in [3.8, 4) is 0 Å². The molecule has 0 aliphatic rings. The third kappa shape index (κ3) is 4.05. The summed E-state index contributed by atoms with van der Waals surface area (Å²) in [5.74, 6) is 0. The number of hydrogen-bond acceptors (Lipinski definition) is 1. The van der Waals surface area contributed by atoms with Crippen molar-refractivity contribution in [2.24, 2.45) is 0 Å². The van der Waals surface area contributed by atoms with Gasteiger partial charge in [-0.1, -0.05) is 6.58 Å². The average molecular weight is 106 g/mol. The summed E-state index contributed by atoms with van der Waals surface area (Å²) >= 11 is 0. The minimum Gasteiger partial charge on any atom is -0.348 e. The largest absolute Gasteiger partial charge is 0.348 e. The second kappa shape index (κ2) is 1.67. The Bertz CT molecular complexity index is 53.1. The quantitative estimate of drug-likeness (QED) is 0.539. The van der Waals surface area contributed by atoms with Gasteiger partial charge in [-0.05, 0) is 17.9 Å². The molecule has 0 atom stereocenters. The van der Waals surface area contributed by atoms with E-state index < -0.39 is 10.3 Å². The van der Waals surface area contributed by atoms with Crippen molar-refractivity contribution in [3.63, 3.8) is 0 Å². The van der Waals surface area contributed by atoms with Gasteiger partial charge in [0, 0.05) is 0 Å². The predicted octanol–water partition coefficient (Wildman–Crippen LogP) is 1.67. The van der Waals surface area contributed by atoms with Crippen LogP contribution >= 0.6 is 10.3 Å². The molecule has 6 heavy (non-hydrogen) atoms. The van der Waals surface area contributed by atoms with Crippen molar-refractivity contribution < 1.29 is 4.55 Å². The summed E-state index contributed by atoms with van der Waals surface area (Å²) in [6.45, 7) is 3.42. The summed E-state index contributed by atoms with van der Waals surface area (Å²) < 4.78 is 8.79. The van der Waals surface area contributed by atoms with Crippen LogP contribution in [0, 0.1) is 0 Å². The van der Waals surface area contributed by atoms with Gasteiger partial charge in [0.2, 0.25) is 0 Å². The zero-order chi connectivity index (χ0) is 5.21. The highest BCUT2D eigenvalue weighted by Gasteiger charge is 1.93. The van der Waals surface area contributed by atoms with Crippen molar-refractivity contribution in [3.05, 3.63) is 12.0 Å². The maximum absolute atomic E-state index is 8.79. The van der Waals surface area contributed by atoms with E-state index in [1.165, 1.54) is 0 Å². The van der Waals surface area contributed by atoms with Crippen LogP contribution in [-0.4, -0.2) is 17.1 Å². The molecule has 0 aromatic heterocycles. The van der Waals surface area contributed by atoms with Gasteiger partial charge in [0.05, 0.1) is 0 Å². The number of hydrogen-bond donors (Lipinski definition) is 1. The Kier molecular flexibility index (Phi) is 1.68. The van der Waals surface area contributed by atoms with Crippen molar-refractivity contribution in [1.82, 2.24) is 0 Å². The molecule has 0 saturated carbocycles. The van der Waals surface area contributed by atoms with Gasteiger partial charge in [0.1, 0.15) is 0 Å². The molecule has 0 aromatic carbocycles. The second-order valence-corrected chi connectivity index (χ2v) is 4.55. The topological polar surface area (TPSA) is 20.2 Å². The molecule has 0 unspecified atom stereocenters. The maximum atomic E-state index is 8.79. The molecule has 0 saturated heterocycles. The van der Waals surface area contributed by atoms with Gasteiger partial charge in [-0.15, -0.1) is 10.3 Å². The highest BCUT2D eigenvalue weighted by molar-refractivity contribution is 8.30. The fourth-order valence-corrected chi connectivity index (χ4v) is 0. The van der Waals surface area contributed by atoms with Gasteiger partial charge < -0.3 is 4.55 Å². The van der Waals surface area contributed by atoms with Crippen molar-refractivity contribution >= 4 is 10.3 Å². The van der Waals surface area contributed by atoms with Crippen LogP contribution in [0.25, 0.3) is 0 Å². The first-order valence-electron chi connectivity index (χ1n) is 1.64. The van der Waals surface area contributed by atoms with E-state index in [4.69, 9.17) is 4.55 Å². The first kappa shape index (κ1) is 6.05. The minimum atomic E-state index is -1.40. The smallest absolute Gasteiger partial charge is 0.00950 e. The van der Waals surface area contributed by atoms with E-state index in [1.54, 1.807) is 17.9 Å². The average Bonchev–Trinajstić information content (AvgIpc) is 1.35. The molecule has 0 aromatic rings. The lowest BCUT2D eigenvalue weighted by Crippen LogP contribution is -1.82. The van der Waals surface area contributed by atoms with Gasteiger partial charge in [-0.2, -0.15) is 0 Å². The van der Waals surface area contributed by atoms with E-state index in [-0.39, 0.29) is 0 Å². The van der Waals surface area contributed by atoms with E-state index in [9.17, 15) is 0 Å². The van der Waals surface area contributed by atoms with E-state index >= 15 is 0 Å². The lowest BCUT2D eigenvalue weighted by atomic mass is 11.3. The fourth-order valence-electron chi connectivity index (χ4n) is 0. The van der Waals surface area contributed by atoms with E-state index in [0.717, 1.165) is 0 Å². The van der Waals surface area contributed by atoms with Crippen molar-refractivity contribution in [2.45, 2.75) is 0 Å². The Labute approximate surface area is 40.2 Å². The van der Waals surface area contributed by atoms with Gasteiger partial charge >= 0.3 is 0 Å². The number of rotatable bonds is 1. The summed E-state index contributed by atoms with van der Waals surface area (Å²) in [5.41, 5.74) is 0. The lowest BCUT2D eigenvalue weighted by Gasteiger charge is -2.15. The molecular weight excluding hydrogens is 96.1 g/mol. The standard InChI is InChI=1S/C4H10OS/c1-4-6(2,3)5/h4-5H,1H2,2-3H3. The van der Waals surface area contributed by atoms with Crippen LogP contribution in [-0.2, 0) is 0 Å². The van der Waals surface area contributed by atoms with E-state index in [1.807, 2.05) is 0 Å². The molecule has 0 rings (SSSR count). The monoisotopic (exact) mass is 106 g/mol. The van der Waals surface area contributed by atoms with Gasteiger partial charge in [-0.3, -0.25) is 0 Å². The summed E-state index contributed by atoms with van der Waals surface area (Å²) in [7, 11) is -1.40. The highest BCUT2D eigenvalue weighted by Crippen LogP contribution is 2.33. The maximum Gasteiger partial charge on any atom is -0.00950 e. The Morgan fingerprint density at radius 1 is 1.67 bits per heavy atom. The molecule has 0 aliphatic carbocycles. The van der Waals surface area contributed by atoms with Gasteiger partial charge in [0.25, 0.3) is 0 Å². The van der Waals surface area contributed by atoms with Crippen LogP contribution in [0.1, 0.15) is 0 Å². The zero-order valence-electron chi connectivity index (χ0n) is 4.14. The summed E-state index contributed by atoms with van der Waals surface area (Å²) in [5, 5.41) is 1.58. The van der Waals surface area contributed by atoms with Crippen molar-refractivity contribution in [2.75, 3.05) is 12.5 Å². The first-order chi connectivity index (χ1) is 2.56. The minimum absolute atomic E-state index is 1.40. The van der Waals surface area contributed by atoms with Crippen LogP contribution in [0.3, 0.4) is 0 Å². The third-order valence-corrected chi connectivity index (χ3v) is 1.22. The lowest BCUT2D eigenvalue weighted by molar-refractivity contribution is 0.646. The predicted molar refractivity (Wildman–Crippen MR) is 32.3 cm³/mol. The molecule has 0 spiro atoms. The zero-order valence-corrected chi connectivity index (χ0v) is 4.96. The van der Waals surface area contributed by atoms with Crippen LogP contribution in [0.15, 0.2) is 12.0 Å². The molecule has 0 radical (unpaired) electrons. The molecule has 38 valence electrons. The Balaban J connectivity index is 3.45. The molecule has 2 heteroatoms. The molecule has 1 nitrogen and oxygen atoms in total. The Morgan fingerprint density at radius 3 is 1.83 bits per heavy atom. The van der Waals surface area contributed by atoms with Crippen LogP contribution in [0.5, 0.6) is 0 Å². The summed E-state index contributed by atoms with van der Waals surface area (Å²) in [6, 6.07) is 0. The fraction of sp³-hybridized carbons (Fsp3) is 0.500. The van der Waals surface area contributed by atoms with Crippen LogP contribution in [0.2, 0.25) is 0 Å². The summed E-state index contributed by atoms with van der Waals surface area (Å²) in [4.78, 5) is 0.